The standard InChI is InChI=1S/C16H11Cl2FN2O4/c17-11-4-10(5-12(18)6-11)16(8-19)9-20(15(22)25-16)13-2-1-3-14(7-13)21(23)24/h1-7H,8-9H2. The van der Waals surface area contributed by atoms with Gasteiger partial charge in [-0.2, -0.15) is 0 Å². The Morgan fingerprint density at radius 3 is 2.52 bits per heavy atom. The number of carbonyl (C=O) groups excluding carboxylic acids is 1. The van der Waals surface area contributed by atoms with Crippen LogP contribution in [0.25, 0.3) is 0 Å². The van der Waals surface area contributed by atoms with E-state index in [9.17, 15) is 19.3 Å². The maximum Gasteiger partial charge on any atom is 0.415 e. The van der Waals surface area contributed by atoms with Gasteiger partial charge in [-0.1, -0.05) is 29.3 Å². The number of hydrogen-bond acceptors (Lipinski definition) is 4. The second kappa shape index (κ2) is 6.50. The lowest BCUT2D eigenvalue weighted by Gasteiger charge is -2.24. The van der Waals surface area contributed by atoms with Crippen LogP contribution in [0.1, 0.15) is 5.56 Å². The van der Waals surface area contributed by atoms with Gasteiger partial charge in [0.1, 0.15) is 6.67 Å². The van der Waals surface area contributed by atoms with Crippen LogP contribution >= 0.6 is 23.2 Å². The van der Waals surface area contributed by atoms with Crippen molar-refractivity contribution >= 4 is 40.7 Å². The van der Waals surface area contributed by atoms with Gasteiger partial charge in [-0.15, -0.1) is 0 Å². The van der Waals surface area contributed by atoms with Crippen molar-refractivity contribution in [3.63, 3.8) is 0 Å². The molecule has 1 aliphatic rings. The number of hydrogen-bond donors (Lipinski definition) is 0. The lowest BCUT2D eigenvalue weighted by Crippen LogP contribution is -2.34. The maximum absolute atomic E-state index is 13.9. The average molecular weight is 385 g/mol. The molecule has 0 spiro atoms. The molecule has 25 heavy (non-hydrogen) atoms. The van der Waals surface area contributed by atoms with E-state index in [-0.39, 0.29) is 28.0 Å². The predicted octanol–water partition coefficient (Wildman–Crippen LogP) is 4.72. The van der Waals surface area contributed by atoms with Crippen molar-refractivity contribution in [1.82, 2.24) is 0 Å². The molecule has 0 bridgehead atoms. The van der Waals surface area contributed by atoms with Gasteiger partial charge in [0.05, 0.1) is 17.2 Å². The number of non-ortho nitro benzene ring substituents is 1. The SMILES string of the molecule is O=C1OC(CF)(c2cc(Cl)cc(Cl)c2)CN1c1cccc([N+](=O)[O-])c1. The van der Waals surface area contributed by atoms with Crippen molar-refractivity contribution in [2.45, 2.75) is 5.60 Å². The Balaban J connectivity index is 2.00. The Labute approximate surface area is 151 Å². The largest absolute Gasteiger partial charge is 0.433 e. The lowest BCUT2D eigenvalue weighted by molar-refractivity contribution is -0.384. The Morgan fingerprint density at radius 1 is 1.24 bits per heavy atom. The molecule has 1 saturated heterocycles. The highest BCUT2D eigenvalue weighted by Crippen LogP contribution is 2.39. The number of halogens is 3. The summed E-state index contributed by atoms with van der Waals surface area (Å²) in [6.45, 7) is -1.17. The van der Waals surface area contributed by atoms with Crippen LogP contribution in [0, 0.1) is 10.1 Å². The predicted molar refractivity (Wildman–Crippen MR) is 91.0 cm³/mol. The van der Waals surface area contributed by atoms with Crippen LogP contribution in [-0.4, -0.2) is 24.2 Å². The average Bonchev–Trinajstić information content (AvgIpc) is 2.92. The van der Waals surface area contributed by atoms with Crippen molar-refractivity contribution in [3.05, 3.63) is 68.2 Å². The number of nitro groups is 1. The first-order valence-corrected chi connectivity index (χ1v) is 7.88. The summed E-state index contributed by atoms with van der Waals surface area (Å²) in [5.41, 5.74) is -1.22. The molecule has 0 N–H and O–H groups in total. The van der Waals surface area contributed by atoms with Gasteiger partial charge in [0.2, 0.25) is 0 Å². The van der Waals surface area contributed by atoms with Gasteiger partial charge in [0.15, 0.2) is 5.60 Å². The summed E-state index contributed by atoms with van der Waals surface area (Å²) >= 11 is 11.9. The molecule has 0 saturated carbocycles. The number of rotatable bonds is 4. The zero-order chi connectivity index (χ0) is 18.2. The van der Waals surface area contributed by atoms with E-state index in [4.69, 9.17) is 27.9 Å². The van der Waals surface area contributed by atoms with E-state index in [1.807, 2.05) is 0 Å². The molecule has 130 valence electrons. The van der Waals surface area contributed by atoms with Gasteiger partial charge < -0.3 is 4.74 Å². The Bertz CT molecular complexity index is 844. The third-order valence-electron chi connectivity index (χ3n) is 3.87. The van der Waals surface area contributed by atoms with Crippen LogP contribution in [0.15, 0.2) is 42.5 Å². The van der Waals surface area contributed by atoms with Gasteiger partial charge in [-0.05, 0) is 24.3 Å². The molecule has 1 fully saturated rings. The summed E-state index contributed by atoms with van der Waals surface area (Å²) in [7, 11) is 0. The molecular formula is C16H11Cl2FN2O4. The number of nitrogens with zero attached hydrogens (tertiary/aromatic N) is 2. The molecule has 9 heteroatoms. The summed E-state index contributed by atoms with van der Waals surface area (Å²) < 4.78 is 19.2. The van der Waals surface area contributed by atoms with Crippen LogP contribution < -0.4 is 4.90 Å². The number of cyclic esters (lactones) is 1. The molecule has 1 unspecified atom stereocenters. The smallest absolute Gasteiger partial charge is 0.415 e. The van der Waals surface area contributed by atoms with E-state index in [1.54, 1.807) is 0 Å². The molecular weight excluding hydrogens is 374 g/mol. The summed E-state index contributed by atoms with van der Waals surface area (Å²) in [5.74, 6) is 0. The van der Waals surface area contributed by atoms with Crippen LogP contribution in [-0.2, 0) is 10.3 Å². The summed E-state index contributed by atoms with van der Waals surface area (Å²) in [5, 5.41) is 11.5. The summed E-state index contributed by atoms with van der Waals surface area (Å²) in [6.07, 6.45) is -0.811. The molecule has 1 heterocycles. The van der Waals surface area contributed by atoms with E-state index >= 15 is 0 Å². The van der Waals surface area contributed by atoms with E-state index in [0.29, 0.717) is 5.56 Å². The summed E-state index contributed by atoms with van der Waals surface area (Å²) in [6, 6.07) is 9.88. The Kier molecular flexibility index (Phi) is 4.53. The molecule has 0 radical (unpaired) electrons. The lowest BCUT2D eigenvalue weighted by atomic mass is 9.95. The van der Waals surface area contributed by atoms with E-state index in [2.05, 4.69) is 0 Å². The van der Waals surface area contributed by atoms with Gasteiger partial charge in [-0.25, -0.2) is 9.18 Å². The molecule has 0 aromatic heterocycles. The molecule has 0 aliphatic carbocycles. The fourth-order valence-electron chi connectivity index (χ4n) is 2.66. The molecule has 2 aromatic carbocycles. The molecule has 1 amide bonds. The van der Waals surface area contributed by atoms with Crippen molar-refractivity contribution in [3.8, 4) is 0 Å². The van der Waals surface area contributed by atoms with Crippen LogP contribution in [0.3, 0.4) is 0 Å². The normalized spacial score (nSPS) is 19.8. The first-order valence-electron chi connectivity index (χ1n) is 7.12. The fourth-order valence-corrected chi connectivity index (χ4v) is 3.19. The van der Waals surface area contributed by atoms with Gasteiger partial charge in [0.25, 0.3) is 5.69 Å². The number of ether oxygens (including phenoxy) is 1. The molecule has 6 nitrogen and oxygen atoms in total. The zero-order valence-corrected chi connectivity index (χ0v) is 14.1. The highest BCUT2D eigenvalue weighted by atomic mass is 35.5. The quantitative estimate of drug-likeness (QED) is 0.564. The highest BCUT2D eigenvalue weighted by molar-refractivity contribution is 6.34. The number of carbonyl (C=O) groups is 1. The number of nitro benzene ring substituents is 1. The van der Waals surface area contributed by atoms with E-state index in [1.165, 1.54) is 42.5 Å². The Morgan fingerprint density at radius 2 is 1.92 bits per heavy atom. The van der Waals surface area contributed by atoms with Crippen LogP contribution in [0.5, 0.6) is 0 Å². The van der Waals surface area contributed by atoms with Crippen molar-refractivity contribution < 1.29 is 18.8 Å². The highest BCUT2D eigenvalue weighted by Gasteiger charge is 2.48. The van der Waals surface area contributed by atoms with Crippen LogP contribution in [0.2, 0.25) is 10.0 Å². The second-order valence-corrected chi connectivity index (χ2v) is 6.39. The number of amides is 1. The minimum absolute atomic E-state index is 0.166. The van der Waals surface area contributed by atoms with Gasteiger partial charge >= 0.3 is 6.09 Å². The van der Waals surface area contributed by atoms with Crippen molar-refractivity contribution in [2.24, 2.45) is 0 Å². The van der Waals surface area contributed by atoms with E-state index < -0.39 is 23.3 Å². The maximum atomic E-state index is 13.9. The summed E-state index contributed by atoms with van der Waals surface area (Å²) in [4.78, 5) is 23.7. The van der Waals surface area contributed by atoms with Gasteiger partial charge in [0, 0.05) is 27.7 Å². The topological polar surface area (TPSA) is 72.7 Å². The Hall–Kier alpha value is -2.38. The molecule has 3 rings (SSSR count). The third kappa shape index (κ3) is 3.25. The fraction of sp³-hybridized carbons (Fsp3) is 0.188. The molecule has 1 atom stereocenters. The first-order chi connectivity index (χ1) is 11.8. The monoisotopic (exact) mass is 384 g/mol. The zero-order valence-electron chi connectivity index (χ0n) is 12.6. The minimum Gasteiger partial charge on any atom is -0.433 e. The second-order valence-electron chi connectivity index (χ2n) is 5.52. The molecule has 2 aromatic rings. The first kappa shape index (κ1) is 17.4. The van der Waals surface area contributed by atoms with Crippen LogP contribution in [0.4, 0.5) is 20.6 Å². The van der Waals surface area contributed by atoms with Crippen molar-refractivity contribution in [1.29, 1.82) is 0 Å². The van der Waals surface area contributed by atoms with Crippen molar-refractivity contribution in [2.75, 3.05) is 18.1 Å². The number of alkyl halides is 1. The van der Waals surface area contributed by atoms with E-state index in [0.717, 1.165) is 4.90 Å². The van der Waals surface area contributed by atoms with Gasteiger partial charge in [-0.3, -0.25) is 15.0 Å². The minimum atomic E-state index is -1.59. The number of anilines is 1. The number of benzene rings is 2. The molecule has 1 aliphatic heterocycles. The third-order valence-corrected chi connectivity index (χ3v) is 4.31.